The Hall–Kier alpha value is -1.93. The number of hydrogen-bond donors (Lipinski definition) is 1. The second kappa shape index (κ2) is 12.0. The molecule has 1 heterocycles. The lowest BCUT2D eigenvalue weighted by Gasteiger charge is -2.31. The van der Waals surface area contributed by atoms with Crippen molar-refractivity contribution in [3.8, 4) is 0 Å². The van der Waals surface area contributed by atoms with Gasteiger partial charge >= 0.3 is 0 Å². The number of nitrogens with zero attached hydrogens (tertiary/aromatic N) is 2. The maximum atomic E-state index is 13.0. The Morgan fingerprint density at radius 1 is 1.15 bits per heavy atom. The first kappa shape index (κ1) is 25.7. The smallest absolute Gasteiger partial charge is 0.254 e. The predicted molar refractivity (Wildman–Crippen MR) is 142 cm³/mol. The molecule has 33 heavy (non-hydrogen) atoms. The molecule has 6 heteroatoms. The van der Waals surface area contributed by atoms with E-state index in [1.807, 2.05) is 35.2 Å². The molecule has 0 saturated heterocycles. The van der Waals surface area contributed by atoms with Crippen molar-refractivity contribution in [1.29, 1.82) is 0 Å². The van der Waals surface area contributed by atoms with Crippen LogP contribution >= 0.6 is 22.6 Å². The second-order valence-electron chi connectivity index (χ2n) is 9.29. The summed E-state index contributed by atoms with van der Waals surface area (Å²) in [7, 11) is 0. The minimum atomic E-state index is -0.111. The first-order chi connectivity index (χ1) is 15.8. The van der Waals surface area contributed by atoms with Gasteiger partial charge in [0.15, 0.2) is 0 Å². The average molecular weight is 562 g/mol. The molecule has 0 radical (unpaired) electrons. The molecule has 2 aromatic carbocycles. The van der Waals surface area contributed by atoms with E-state index in [1.54, 1.807) is 6.07 Å². The van der Waals surface area contributed by atoms with E-state index in [2.05, 4.69) is 66.6 Å². The van der Waals surface area contributed by atoms with Gasteiger partial charge in [-0.3, -0.25) is 9.59 Å². The topological polar surface area (TPSA) is 52.7 Å². The maximum absolute atomic E-state index is 13.0. The van der Waals surface area contributed by atoms with Crippen molar-refractivity contribution >= 4 is 34.4 Å². The Balaban J connectivity index is 1.54. The highest BCUT2D eigenvalue weighted by atomic mass is 127. The lowest BCUT2D eigenvalue weighted by atomic mass is 10.0. The molecule has 2 amide bonds. The number of fused-ring (bicyclic) bond motifs is 1. The third kappa shape index (κ3) is 6.79. The van der Waals surface area contributed by atoms with E-state index in [-0.39, 0.29) is 11.8 Å². The van der Waals surface area contributed by atoms with E-state index in [0.717, 1.165) is 40.6 Å². The van der Waals surface area contributed by atoms with Gasteiger partial charge in [0.2, 0.25) is 0 Å². The quantitative estimate of drug-likeness (QED) is 0.299. The fourth-order valence-corrected chi connectivity index (χ4v) is 4.91. The van der Waals surface area contributed by atoms with Crippen molar-refractivity contribution in [1.82, 2.24) is 15.1 Å². The Bertz CT molecular complexity index is 976. The summed E-state index contributed by atoms with van der Waals surface area (Å²) in [5, 5.41) is 3.04. The predicted octanol–water partition coefficient (Wildman–Crippen LogP) is 5.32. The van der Waals surface area contributed by atoms with Gasteiger partial charge in [0.1, 0.15) is 0 Å². The molecule has 0 fully saturated rings. The van der Waals surface area contributed by atoms with E-state index < -0.39 is 0 Å². The van der Waals surface area contributed by atoms with Crippen LogP contribution < -0.4 is 5.32 Å². The number of rotatable bonds is 11. The van der Waals surface area contributed by atoms with Crippen LogP contribution in [-0.4, -0.2) is 47.3 Å². The van der Waals surface area contributed by atoms with Crippen LogP contribution in [0.15, 0.2) is 42.5 Å². The standard InChI is InChI=1S/C27H36IN3O2/c1-5-13-30(20(4)19(2)3)14-7-12-29-26(32)22-10-11-23-18-31(27(33)25(23)16-22)17-21-8-6-9-24(28)15-21/h6,8-11,15-16,19-20H,5,7,12-14,17-18H2,1-4H3,(H,29,32). The molecular weight excluding hydrogens is 525 g/mol. The summed E-state index contributed by atoms with van der Waals surface area (Å²) in [6, 6.07) is 14.2. The van der Waals surface area contributed by atoms with Gasteiger partial charge in [-0.15, -0.1) is 0 Å². The number of benzene rings is 2. The van der Waals surface area contributed by atoms with Gasteiger partial charge in [-0.2, -0.15) is 0 Å². The van der Waals surface area contributed by atoms with Gasteiger partial charge in [-0.1, -0.05) is 39.0 Å². The van der Waals surface area contributed by atoms with Gasteiger partial charge in [0.25, 0.3) is 11.8 Å². The molecule has 0 aliphatic carbocycles. The van der Waals surface area contributed by atoms with Crippen LogP contribution in [0.25, 0.3) is 0 Å². The van der Waals surface area contributed by atoms with Gasteiger partial charge in [0, 0.05) is 46.9 Å². The minimum Gasteiger partial charge on any atom is -0.352 e. The van der Waals surface area contributed by atoms with Crippen LogP contribution in [0.4, 0.5) is 0 Å². The Labute approximate surface area is 212 Å². The van der Waals surface area contributed by atoms with E-state index in [0.29, 0.717) is 42.7 Å². The van der Waals surface area contributed by atoms with Crippen molar-refractivity contribution in [2.75, 3.05) is 19.6 Å². The SMILES string of the molecule is CCCN(CCCNC(=O)c1ccc2c(c1)C(=O)N(Cc1cccc(I)c1)C2)C(C)C(C)C. The number of hydrogen-bond acceptors (Lipinski definition) is 3. The highest BCUT2D eigenvalue weighted by Gasteiger charge is 2.28. The monoisotopic (exact) mass is 561 g/mol. The maximum Gasteiger partial charge on any atom is 0.254 e. The van der Waals surface area contributed by atoms with Crippen LogP contribution in [0.2, 0.25) is 0 Å². The summed E-state index contributed by atoms with van der Waals surface area (Å²) in [6.45, 7) is 12.9. The zero-order valence-corrected chi connectivity index (χ0v) is 22.4. The lowest BCUT2D eigenvalue weighted by molar-refractivity contribution is 0.0766. The molecule has 0 bridgehead atoms. The van der Waals surface area contributed by atoms with Crippen molar-refractivity contribution in [3.05, 3.63) is 68.3 Å². The summed E-state index contributed by atoms with van der Waals surface area (Å²) in [5.74, 6) is 0.497. The van der Waals surface area contributed by atoms with Crippen molar-refractivity contribution in [2.24, 2.45) is 5.92 Å². The molecule has 0 saturated carbocycles. The van der Waals surface area contributed by atoms with E-state index in [9.17, 15) is 9.59 Å². The van der Waals surface area contributed by atoms with Gasteiger partial charge < -0.3 is 15.1 Å². The molecular formula is C27H36IN3O2. The third-order valence-corrected chi connectivity index (χ3v) is 7.14. The zero-order valence-electron chi connectivity index (χ0n) is 20.2. The van der Waals surface area contributed by atoms with Crippen molar-refractivity contribution in [2.45, 2.75) is 59.7 Å². The molecule has 3 rings (SSSR count). The normalized spacial score (nSPS) is 14.2. The van der Waals surface area contributed by atoms with Crippen LogP contribution in [-0.2, 0) is 13.1 Å². The number of carbonyl (C=O) groups is 2. The first-order valence-electron chi connectivity index (χ1n) is 12.0. The van der Waals surface area contributed by atoms with E-state index >= 15 is 0 Å². The van der Waals surface area contributed by atoms with E-state index in [4.69, 9.17) is 0 Å². The first-order valence-corrected chi connectivity index (χ1v) is 13.1. The molecule has 178 valence electrons. The number of halogens is 1. The average Bonchev–Trinajstić information content (AvgIpc) is 3.09. The highest BCUT2D eigenvalue weighted by Crippen LogP contribution is 2.26. The summed E-state index contributed by atoms with van der Waals surface area (Å²) in [6.07, 6.45) is 2.05. The fourth-order valence-electron chi connectivity index (χ4n) is 4.30. The molecule has 1 atom stereocenters. The molecule has 1 aliphatic rings. The van der Waals surface area contributed by atoms with Crippen molar-refractivity contribution in [3.63, 3.8) is 0 Å². The fraction of sp³-hybridized carbons (Fsp3) is 0.481. The summed E-state index contributed by atoms with van der Waals surface area (Å²) in [5.41, 5.74) is 3.30. The third-order valence-electron chi connectivity index (χ3n) is 6.47. The molecule has 2 aromatic rings. The summed E-state index contributed by atoms with van der Waals surface area (Å²) in [4.78, 5) is 30.0. The highest BCUT2D eigenvalue weighted by molar-refractivity contribution is 14.1. The molecule has 1 unspecified atom stereocenters. The molecule has 0 aromatic heterocycles. The van der Waals surface area contributed by atoms with Crippen LogP contribution in [0.1, 0.15) is 72.4 Å². The zero-order chi connectivity index (χ0) is 24.0. The summed E-state index contributed by atoms with van der Waals surface area (Å²) >= 11 is 2.29. The van der Waals surface area contributed by atoms with Crippen LogP contribution in [0.3, 0.4) is 0 Å². The Morgan fingerprint density at radius 3 is 2.64 bits per heavy atom. The number of carbonyl (C=O) groups excluding carboxylic acids is 2. The van der Waals surface area contributed by atoms with Crippen molar-refractivity contribution < 1.29 is 9.59 Å². The summed E-state index contributed by atoms with van der Waals surface area (Å²) < 4.78 is 1.16. The lowest BCUT2D eigenvalue weighted by Crippen LogP contribution is -2.39. The molecule has 1 N–H and O–H groups in total. The number of nitrogens with one attached hydrogen (secondary N) is 1. The van der Waals surface area contributed by atoms with Crippen LogP contribution in [0.5, 0.6) is 0 Å². The Kier molecular flexibility index (Phi) is 9.32. The number of amides is 2. The second-order valence-corrected chi connectivity index (χ2v) is 10.5. The molecule has 0 spiro atoms. The largest absolute Gasteiger partial charge is 0.352 e. The molecule has 5 nitrogen and oxygen atoms in total. The van der Waals surface area contributed by atoms with Crippen LogP contribution in [0, 0.1) is 9.49 Å². The minimum absolute atomic E-state index is 0.00334. The molecule has 1 aliphatic heterocycles. The van der Waals surface area contributed by atoms with Gasteiger partial charge in [-0.25, -0.2) is 0 Å². The van der Waals surface area contributed by atoms with Gasteiger partial charge in [0.05, 0.1) is 0 Å². The van der Waals surface area contributed by atoms with E-state index in [1.165, 1.54) is 0 Å². The Morgan fingerprint density at radius 2 is 1.94 bits per heavy atom. The van der Waals surface area contributed by atoms with Gasteiger partial charge in [-0.05, 0) is 90.2 Å².